The molecule has 15 heavy (non-hydrogen) atoms. The molecule has 1 aromatic rings. The van der Waals surface area contributed by atoms with Crippen LogP contribution in [0.4, 0.5) is 5.82 Å². The highest BCUT2D eigenvalue weighted by molar-refractivity contribution is 9.10. The van der Waals surface area contributed by atoms with Gasteiger partial charge in [0.1, 0.15) is 5.82 Å². The Bertz CT molecular complexity index is 366. The molecule has 0 radical (unpaired) electrons. The van der Waals surface area contributed by atoms with Crippen molar-refractivity contribution in [1.82, 2.24) is 9.88 Å². The van der Waals surface area contributed by atoms with Gasteiger partial charge in [0, 0.05) is 24.8 Å². The first kappa shape index (κ1) is 12.0. The number of anilines is 1. The van der Waals surface area contributed by atoms with Crippen LogP contribution in [0.15, 0.2) is 16.7 Å². The third kappa shape index (κ3) is 3.51. The zero-order valence-electron chi connectivity index (χ0n) is 9.04. The fraction of sp³-hybridized carbons (Fsp3) is 0.400. The van der Waals surface area contributed by atoms with Crippen molar-refractivity contribution < 1.29 is 4.79 Å². The number of nitrogens with zero attached hydrogens (tertiary/aromatic N) is 2. The molecular weight excluding hydrogens is 258 g/mol. The maximum Gasteiger partial charge on any atom is 0.241 e. The first-order valence-corrected chi connectivity index (χ1v) is 5.36. The molecule has 0 aliphatic heterocycles. The molecule has 1 N–H and O–H groups in total. The van der Waals surface area contributed by atoms with Crippen LogP contribution < -0.4 is 5.32 Å². The van der Waals surface area contributed by atoms with Gasteiger partial charge in [-0.25, -0.2) is 4.98 Å². The van der Waals surface area contributed by atoms with Gasteiger partial charge in [-0.2, -0.15) is 0 Å². The van der Waals surface area contributed by atoms with Crippen LogP contribution in [0.3, 0.4) is 0 Å². The van der Waals surface area contributed by atoms with Crippen molar-refractivity contribution >= 4 is 27.7 Å². The SMILES string of the molecule is Cc1cc(NCC(=O)N(C)C)ncc1Br. The monoisotopic (exact) mass is 271 g/mol. The van der Waals surface area contributed by atoms with E-state index >= 15 is 0 Å². The van der Waals surface area contributed by atoms with Crippen molar-refractivity contribution in [3.05, 3.63) is 22.3 Å². The van der Waals surface area contributed by atoms with E-state index in [4.69, 9.17) is 0 Å². The minimum absolute atomic E-state index is 0.0253. The van der Waals surface area contributed by atoms with Gasteiger partial charge in [-0.3, -0.25) is 4.79 Å². The molecule has 1 aromatic heterocycles. The number of halogens is 1. The lowest BCUT2D eigenvalue weighted by atomic mass is 10.3. The predicted octanol–water partition coefficient (Wildman–Crippen LogP) is 1.65. The minimum Gasteiger partial charge on any atom is -0.361 e. The van der Waals surface area contributed by atoms with E-state index in [0.717, 1.165) is 10.0 Å². The molecule has 0 unspecified atom stereocenters. The van der Waals surface area contributed by atoms with Crippen molar-refractivity contribution in [3.63, 3.8) is 0 Å². The molecule has 4 nitrogen and oxygen atoms in total. The molecule has 0 atom stereocenters. The number of likely N-dealkylation sites (N-methyl/N-ethyl adjacent to an activating group) is 1. The lowest BCUT2D eigenvalue weighted by Crippen LogP contribution is -2.28. The van der Waals surface area contributed by atoms with E-state index in [1.165, 1.54) is 0 Å². The Morgan fingerprint density at radius 3 is 2.80 bits per heavy atom. The van der Waals surface area contributed by atoms with Crippen LogP contribution in [0.2, 0.25) is 0 Å². The van der Waals surface area contributed by atoms with Crippen LogP contribution in [0.1, 0.15) is 5.56 Å². The van der Waals surface area contributed by atoms with Crippen LogP contribution in [-0.4, -0.2) is 36.4 Å². The van der Waals surface area contributed by atoms with Crippen molar-refractivity contribution in [2.24, 2.45) is 0 Å². The van der Waals surface area contributed by atoms with Gasteiger partial charge in [0.05, 0.1) is 6.54 Å². The minimum atomic E-state index is 0.0253. The second kappa shape index (κ2) is 5.11. The number of amides is 1. The standard InChI is InChI=1S/C10H14BrN3O/c1-7-4-9(12-5-8(7)11)13-6-10(15)14(2)3/h4-5H,6H2,1-3H3,(H,12,13). The van der Waals surface area contributed by atoms with Gasteiger partial charge in [-0.1, -0.05) is 0 Å². The maximum atomic E-state index is 11.3. The largest absolute Gasteiger partial charge is 0.361 e. The fourth-order valence-electron chi connectivity index (χ4n) is 0.960. The molecule has 1 heterocycles. The number of carbonyl (C=O) groups is 1. The highest BCUT2D eigenvalue weighted by Crippen LogP contribution is 2.16. The highest BCUT2D eigenvalue weighted by atomic mass is 79.9. The zero-order valence-corrected chi connectivity index (χ0v) is 10.6. The summed E-state index contributed by atoms with van der Waals surface area (Å²) in [5.41, 5.74) is 1.09. The number of hydrogen-bond donors (Lipinski definition) is 1. The summed E-state index contributed by atoms with van der Waals surface area (Å²) in [4.78, 5) is 17.0. The first-order valence-electron chi connectivity index (χ1n) is 4.57. The number of hydrogen-bond acceptors (Lipinski definition) is 3. The molecule has 0 aliphatic rings. The summed E-state index contributed by atoms with van der Waals surface area (Å²) < 4.78 is 0.965. The van der Waals surface area contributed by atoms with Gasteiger partial charge in [-0.05, 0) is 34.5 Å². The molecule has 5 heteroatoms. The molecule has 1 amide bonds. The number of carbonyl (C=O) groups excluding carboxylic acids is 1. The van der Waals surface area contributed by atoms with Crippen LogP contribution in [0, 0.1) is 6.92 Å². The molecule has 0 aliphatic carbocycles. The van der Waals surface area contributed by atoms with Crippen LogP contribution in [-0.2, 0) is 4.79 Å². The summed E-state index contributed by atoms with van der Waals surface area (Å²) in [6.07, 6.45) is 1.72. The van der Waals surface area contributed by atoms with Crippen molar-refractivity contribution in [1.29, 1.82) is 0 Å². The average molecular weight is 272 g/mol. The van der Waals surface area contributed by atoms with Gasteiger partial charge >= 0.3 is 0 Å². The lowest BCUT2D eigenvalue weighted by molar-refractivity contribution is -0.126. The van der Waals surface area contributed by atoms with E-state index in [2.05, 4.69) is 26.2 Å². The zero-order chi connectivity index (χ0) is 11.4. The van der Waals surface area contributed by atoms with Crippen LogP contribution >= 0.6 is 15.9 Å². The summed E-state index contributed by atoms with van der Waals surface area (Å²) in [7, 11) is 3.45. The quantitative estimate of drug-likeness (QED) is 0.910. The number of nitrogens with one attached hydrogen (secondary N) is 1. The second-order valence-electron chi connectivity index (χ2n) is 3.46. The number of rotatable bonds is 3. The second-order valence-corrected chi connectivity index (χ2v) is 4.31. The smallest absolute Gasteiger partial charge is 0.241 e. The molecule has 0 aromatic carbocycles. The number of aromatic nitrogens is 1. The Morgan fingerprint density at radius 1 is 1.60 bits per heavy atom. The summed E-state index contributed by atoms with van der Waals surface area (Å²) >= 11 is 3.37. The number of pyridine rings is 1. The molecule has 0 saturated carbocycles. The Labute approximate surface area is 97.8 Å². The third-order valence-electron chi connectivity index (χ3n) is 1.97. The normalized spacial score (nSPS) is 9.87. The average Bonchev–Trinajstić information content (AvgIpc) is 2.19. The summed E-state index contributed by atoms with van der Waals surface area (Å²) in [5, 5.41) is 2.97. The molecule has 0 saturated heterocycles. The summed E-state index contributed by atoms with van der Waals surface area (Å²) in [5.74, 6) is 0.739. The van der Waals surface area contributed by atoms with Crippen molar-refractivity contribution in [2.75, 3.05) is 26.0 Å². The van der Waals surface area contributed by atoms with E-state index in [9.17, 15) is 4.79 Å². The van der Waals surface area contributed by atoms with Gasteiger partial charge in [0.25, 0.3) is 0 Å². The molecule has 0 spiro atoms. The molecular formula is C10H14BrN3O. The predicted molar refractivity (Wildman–Crippen MR) is 63.9 cm³/mol. The van der Waals surface area contributed by atoms with Crippen molar-refractivity contribution in [2.45, 2.75) is 6.92 Å². The van der Waals surface area contributed by atoms with Crippen LogP contribution in [0.5, 0.6) is 0 Å². The van der Waals surface area contributed by atoms with E-state index < -0.39 is 0 Å². The summed E-state index contributed by atoms with van der Waals surface area (Å²) in [6, 6.07) is 1.90. The fourth-order valence-corrected chi connectivity index (χ4v) is 1.18. The van der Waals surface area contributed by atoms with E-state index in [1.807, 2.05) is 13.0 Å². The molecule has 0 fully saturated rings. The molecule has 1 rings (SSSR count). The summed E-state index contributed by atoms with van der Waals surface area (Å²) in [6.45, 7) is 2.24. The Kier molecular flexibility index (Phi) is 4.08. The van der Waals surface area contributed by atoms with E-state index in [1.54, 1.807) is 25.2 Å². The topological polar surface area (TPSA) is 45.2 Å². The van der Waals surface area contributed by atoms with Gasteiger partial charge < -0.3 is 10.2 Å². The van der Waals surface area contributed by atoms with E-state index in [-0.39, 0.29) is 12.5 Å². The molecule has 82 valence electrons. The van der Waals surface area contributed by atoms with Gasteiger partial charge in [-0.15, -0.1) is 0 Å². The Morgan fingerprint density at radius 2 is 2.27 bits per heavy atom. The Hall–Kier alpha value is -1.10. The van der Waals surface area contributed by atoms with Crippen molar-refractivity contribution in [3.8, 4) is 0 Å². The molecule has 0 bridgehead atoms. The highest BCUT2D eigenvalue weighted by Gasteiger charge is 2.04. The van der Waals surface area contributed by atoms with Gasteiger partial charge in [0.2, 0.25) is 5.91 Å². The van der Waals surface area contributed by atoms with Crippen LogP contribution in [0.25, 0.3) is 0 Å². The third-order valence-corrected chi connectivity index (χ3v) is 2.80. The first-order chi connectivity index (χ1) is 7.00. The van der Waals surface area contributed by atoms with Gasteiger partial charge in [0.15, 0.2) is 0 Å². The maximum absolute atomic E-state index is 11.3. The van der Waals surface area contributed by atoms with E-state index in [0.29, 0.717) is 5.82 Å². The lowest BCUT2D eigenvalue weighted by Gasteiger charge is -2.11. The Balaban J connectivity index is 2.58. The number of aryl methyl sites for hydroxylation is 1.